The van der Waals surface area contributed by atoms with Crippen LogP contribution in [0.3, 0.4) is 0 Å². The van der Waals surface area contributed by atoms with Crippen LogP contribution in [-0.4, -0.2) is 8.76 Å². The highest BCUT2D eigenvalue weighted by molar-refractivity contribution is 7.80. The van der Waals surface area contributed by atoms with Crippen LogP contribution >= 0.6 is 0 Å². The molecular formula is C13H9F4NO2S. The molecule has 0 heterocycles. The third kappa shape index (κ3) is 3.79. The van der Waals surface area contributed by atoms with E-state index in [0.717, 1.165) is 18.2 Å². The SMILES string of the molecule is O=S(O)Nc1ccc(-c2ccc(C(F)(F)F)cc2)c(F)c1. The van der Waals surface area contributed by atoms with E-state index < -0.39 is 28.8 Å². The molecule has 0 amide bonds. The van der Waals surface area contributed by atoms with E-state index in [1.165, 1.54) is 24.3 Å². The van der Waals surface area contributed by atoms with Gasteiger partial charge in [-0.3, -0.25) is 9.27 Å². The maximum atomic E-state index is 13.9. The lowest BCUT2D eigenvalue weighted by Crippen LogP contribution is -2.04. The molecule has 3 nitrogen and oxygen atoms in total. The molecule has 0 aliphatic rings. The molecule has 2 N–H and O–H groups in total. The van der Waals surface area contributed by atoms with Crippen molar-refractivity contribution in [3.05, 3.63) is 53.8 Å². The number of anilines is 1. The fraction of sp³-hybridized carbons (Fsp3) is 0.0769. The molecule has 2 aromatic rings. The zero-order chi connectivity index (χ0) is 15.6. The minimum absolute atomic E-state index is 0.0870. The lowest BCUT2D eigenvalue weighted by Gasteiger charge is -2.09. The summed E-state index contributed by atoms with van der Waals surface area (Å²) in [7, 11) is 0. The molecule has 1 atom stereocenters. The van der Waals surface area contributed by atoms with Gasteiger partial charge in [-0.2, -0.15) is 13.2 Å². The zero-order valence-corrected chi connectivity index (χ0v) is 11.1. The first-order chi connectivity index (χ1) is 9.77. The van der Waals surface area contributed by atoms with Crippen molar-refractivity contribution < 1.29 is 26.3 Å². The third-order valence-electron chi connectivity index (χ3n) is 2.70. The minimum Gasteiger partial charge on any atom is -0.289 e. The Morgan fingerprint density at radius 1 is 1.05 bits per heavy atom. The van der Waals surface area contributed by atoms with Crippen LogP contribution in [0.2, 0.25) is 0 Å². The Hall–Kier alpha value is -1.93. The van der Waals surface area contributed by atoms with Gasteiger partial charge in [-0.25, -0.2) is 8.60 Å². The van der Waals surface area contributed by atoms with Gasteiger partial charge >= 0.3 is 6.18 Å². The molecule has 0 aromatic heterocycles. The number of nitrogens with one attached hydrogen (secondary N) is 1. The molecular weight excluding hydrogens is 310 g/mol. The van der Waals surface area contributed by atoms with Crippen LogP contribution in [0.4, 0.5) is 23.2 Å². The summed E-state index contributed by atoms with van der Waals surface area (Å²) in [5.41, 5.74) is -0.361. The van der Waals surface area contributed by atoms with Gasteiger partial charge in [0, 0.05) is 5.56 Å². The van der Waals surface area contributed by atoms with E-state index in [1.807, 2.05) is 0 Å². The number of hydrogen-bond acceptors (Lipinski definition) is 1. The van der Waals surface area contributed by atoms with Crippen molar-refractivity contribution in [1.82, 2.24) is 0 Å². The Labute approximate surface area is 120 Å². The molecule has 0 bridgehead atoms. The number of rotatable bonds is 3. The first-order valence-corrected chi connectivity index (χ1v) is 6.73. The van der Waals surface area contributed by atoms with Gasteiger partial charge in [-0.05, 0) is 35.9 Å². The van der Waals surface area contributed by atoms with E-state index in [0.29, 0.717) is 0 Å². The summed E-state index contributed by atoms with van der Waals surface area (Å²) in [6.45, 7) is 0. The fourth-order valence-electron chi connectivity index (χ4n) is 1.75. The lowest BCUT2D eigenvalue weighted by molar-refractivity contribution is -0.137. The Morgan fingerprint density at radius 2 is 1.67 bits per heavy atom. The van der Waals surface area contributed by atoms with Gasteiger partial charge in [0.15, 0.2) is 0 Å². The molecule has 0 aliphatic carbocycles. The maximum Gasteiger partial charge on any atom is 0.416 e. The van der Waals surface area contributed by atoms with Gasteiger partial charge in [0.1, 0.15) is 5.82 Å². The Balaban J connectivity index is 2.32. The van der Waals surface area contributed by atoms with Crippen molar-refractivity contribution in [2.75, 3.05) is 4.72 Å². The number of alkyl halides is 3. The molecule has 8 heteroatoms. The van der Waals surface area contributed by atoms with Crippen LogP contribution in [0.25, 0.3) is 11.1 Å². The normalized spacial score (nSPS) is 13.0. The number of benzene rings is 2. The Kier molecular flexibility index (Phi) is 4.29. The minimum atomic E-state index is -4.45. The standard InChI is InChI=1S/C13H9F4NO2S/c14-12-7-10(18-21(19)20)5-6-11(12)8-1-3-9(4-2-8)13(15,16)17/h1-7,18H,(H,19,20). The number of hydrogen-bond donors (Lipinski definition) is 2. The molecule has 0 aliphatic heterocycles. The van der Waals surface area contributed by atoms with Crippen molar-refractivity contribution in [2.45, 2.75) is 6.18 Å². The topological polar surface area (TPSA) is 49.3 Å². The first-order valence-electron chi connectivity index (χ1n) is 5.62. The average molecular weight is 319 g/mol. The summed E-state index contributed by atoms with van der Waals surface area (Å²) in [6.07, 6.45) is -4.45. The molecule has 2 rings (SSSR count). The second-order valence-corrected chi connectivity index (χ2v) is 4.82. The molecule has 0 fully saturated rings. The van der Waals surface area contributed by atoms with Crippen molar-refractivity contribution in [3.63, 3.8) is 0 Å². The Bertz CT molecular complexity index is 671. The summed E-state index contributed by atoms with van der Waals surface area (Å²) < 4.78 is 72.5. The summed E-state index contributed by atoms with van der Waals surface area (Å²) in [5, 5.41) is 0. The van der Waals surface area contributed by atoms with Crippen molar-refractivity contribution in [2.24, 2.45) is 0 Å². The van der Waals surface area contributed by atoms with Gasteiger partial charge in [-0.15, -0.1) is 0 Å². The fourth-order valence-corrected chi connectivity index (χ4v) is 2.08. The van der Waals surface area contributed by atoms with E-state index in [1.54, 1.807) is 0 Å². The van der Waals surface area contributed by atoms with Gasteiger partial charge in [0.25, 0.3) is 11.3 Å². The quantitative estimate of drug-likeness (QED) is 0.662. The van der Waals surface area contributed by atoms with Crippen LogP contribution in [-0.2, 0) is 17.4 Å². The Morgan fingerprint density at radius 3 is 2.14 bits per heavy atom. The summed E-state index contributed by atoms with van der Waals surface area (Å²) in [6, 6.07) is 7.71. The molecule has 0 saturated carbocycles. The van der Waals surface area contributed by atoms with Gasteiger partial charge in [0.05, 0.1) is 11.3 Å². The summed E-state index contributed by atoms with van der Waals surface area (Å²) in [5.74, 6) is -0.717. The second kappa shape index (κ2) is 5.82. The first kappa shape index (κ1) is 15.5. The molecule has 0 radical (unpaired) electrons. The molecule has 0 saturated heterocycles. The lowest BCUT2D eigenvalue weighted by atomic mass is 10.0. The average Bonchev–Trinajstić information content (AvgIpc) is 2.37. The van der Waals surface area contributed by atoms with Crippen LogP contribution in [0, 0.1) is 5.82 Å². The van der Waals surface area contributed by atoms with Gasteiger partial charge < -0.3 is 0 Å². The molecule has 1 unspecified atom stereocenters. The summed E-state index contributed by atoms with van der Waals surface area (Å²) >= 11 is -2.33. The maximum absolute atomic E-state index is 13.9. The van der Waals surface area contributed by atoms with Gasteiger partial charge in [0.2, 0.25) is 0 Å². The highest BCUT2D eigenvalue weighted by atomic mass is 32.2. The predicted molar refractivity (Wildman–Crippen MR) is 71.2 cm³/mol. The van der Waals surface area contributed by atoms with Crippen LogP contribution in [0.1, 0.15) is 5.56 Å². The van der Waals surface area contributed by atoms with E-state index >= 15 is 0 Å². The van der Waals surface area contributed by atoms with Crippen LogP contribution in [0.5, 0.6) is 0 Å². The van der Waals surface area contributed by atoms with Crippen molar-refractivity contribution in [1.29, 1.82) is 0 Å². The van der Waals surface area contributed by atoms with E-state index in [4.69, 9.17) is 4.55 Å². The molecule has 0 spiro atoms. The van der Waals surface area contributed by atoms with Crippen LogP contribution < -0.4 is 4.72 Å². The summed E-state index contributed by atoms with van der Waals surface area (Å²) in [4.78, 5) is 0. The van der Waals surface area contributed by atoms with E-state index in [2.05, 4.69) is 4.72 Å². The van der Waals surface area contributed by atoms with Crippen LogP contribution in [0.15, 0.2) is 42.5 Å². The van der Waals surface area contributed by atoms with E-state index in [9.17, 15) is 21.8 Å². The number of halogens is 4. The largest absolute Gasteiger partial charge is 0.416 e. The van der Waals surface area contributed by atoms with Crippen molar-refractivity contribution >= 4 is 17.0 Å². The van der Waals surface area contributed by atoms with Gasteiger partial charge in [-0.1, -0.05) is 12.1 Å². The predicted octanol–water partition coefficient (Wildman–Crippen LogP) is 4.06. The zero-order valence-electron chi connectivity index (χ0n) is 10.3. The second-order valence-electron chi connectivity index (χ2n) is 4.12. The molecule has 112 valence electrons. The molecule has 21 heavy (non-hydrogen) atoms. The monoisotopic (exact) mass is 319 g/mol. The highest BCUT2D eigenvalue weighted by Crippen LogP contribution is 2.32. The molecule has 2 aromatic carbocycles. The van der Waals surface area contributed by atoms with Crippen molar-refractivity contribution in [3.8, 4) is 11.1 Å². The highest BCUT2D eigenvalue weighted by Gasteiger charge is 2.30. The smallest absolute Gasteiger partial charge is 0.289 e. The third-order valence-corrected chi connectivity index (χ3v) is 3.11. The van der Waals surface area contributed by atoms with E-state index in [-0.39, 0.29) is 16.8 Å².